The molecular formula is C60H61Cl3F4N10O7. The van der Waals surface area contributed by atoms with Gasteiger partial charge in [0.1, 0.15) is 45.7 Å². The molecule has 2 fully saturated rings. The van der Waals surface area contributed by atoms with Crippen LogP contribution in [0.4, 0.5) is 35.0 Å². The molecule has 2 aliphatic rings. The molecule has 84 heavy (non-hydrogen) atoms. The number of halogens is 7. The molecule has 442 valence electrons. The molecule has 0 radical (unpaired) electrons. The number of fused-ring (bicyclic) bond motifs is 1. The van der Waals surface area contributed by atoms with E-state index >= 15 is 17.6 Å². The van der Waals surface area contributed by atoms with Crippen molar-refractivity contribution in [3.05, 3.63) is 147 Å². The van der Waals surface area contributed by atoms with Gasteiger partial charge in [-0.2, -0.15) is 10.2 Å². The minimum atomic E-state index is -1.86. The standard InChI is InChI=1S/C60H61Cl3F4N10O7/c1-7-46(79)76-21-23-77(24-22-76)55-36-30-39(63)48(49-40(64)12-9-13-43(49)78)52(67)53(36)73-58(74-55)70-19-18-47(80)75(5)25-27-84-26-20-69-56(81)33-14-17-42(44(28-33)83-6)71-57(82)54-50(35-10-8-11-38(62)51(35)66)60(32-68,45(72-54)31-59(2,3)4)37-16-15-34(61)29-41(37)65/h7-17,28-30,45,50,54,72,78H,1,18-27,31H2,2-6H3,(H,69,81)(H,71,82)(H,70,73,74)/t45-,50-,54+,60-/m0/s1. The van der Waals surface area contributed by atoms with Crippen LogP contribution in [0.1, 0.15) is 61.0 Å². The maximum Gasteiger partial charge on any atom is 0.251 e. The molecule has 6 aromatic rings. The van der Waals surface area contributed by atoms with Gasteiger partial charge in [0, 0.05) is 98.3 Å². The number of hydrogen-bond donors (Lipinski definition) is 5. The van der Waals surface area contributed by atoms with Crippen LogP contribution in [0.25, 0.3) is 22.0 Å². The van der Waals surface area contributed by atoms with Crippen molar-refractivity contribution < 1.29 is 51.3 Å². The van der Waals surface area contributed by atoms with Crippen LogP contribution in [-0.4, -0.2) is 134 Å². The number of carbonyl (C=O) groups excluding carboxylic acids is 4. The fourth-order valence-electron chi connectivity index (χ4n) is 10.7. The van der Waals surface area contributed by atoms with Crippen LogP contribution in [0.5, 0.6) is 11.5 Å². The van der Waals surface area contributed by atoms with Gasteiger partial charge in [-0.3, -0.25) is 19.2 Å². The molecule has 0 spiro atoms. The van der Waals surface area contributed by atoms with Crippen LogP contribution >= 0.6 is 34.8 Å². The van der Waals surface area contributed by atoms with E-state index in [0.717, 1.165) is 12.1 Å². The van der Waals surface area contributed by atoms with Gasteiger partial charge in [-0.05, 0) is 78.1 Å². The Morgan fingerprint density at radius 1 is 0.917 bits per heavy atom. The molecule has 0 bridgehead atoms. The van der Waals surface area contributed by atoms with E-state index in [2.05, 4.69) is 43.9 Å². The average Bonchev–Trinajstić information content (AvgIpc) is 3.83. The third kappa shape index (κ3) is 13.3. The molecule has 5 aromatic carbocycles. The number of ether oxygens (including phenoxy) is 2. The first-order chi connectivity index (χ1) is 40.0. The lowest BCUT2D eigenvalue weighted by atomic mass is 9.62. The van der Waals surface area contributed by atoms with Gasteiger partial charge < -0.3 is 50.5 Å². The van der Waals surface area contributed by atoms with Gasteiger partial charge in [-0.15, -0.1) is 0 Å². The predicted molar refractivity (Wildman–Crippen MR) is 314 cm³/mol. The highest BCUT2D eigenvalue weighted by Crippen LogP contribution is 2.53. The molecule has 1 aromatic heterocycles. The van der Waals surface area contributed by atoms with Gasteiger partial charge >= 0.3 is 0 Å². The van der Waals surface area contributed by atoms with E-state index in [1.54, 1.807) is 11.9 Å². The van der Waals surface area contributed by atoms with Crippen molar-refractivity contribution in [3.8, 4) is 28.7 Å². The summed E-state index contributed by atoms with van der Waals surface area (Å²) in [4.78, 5) is 67.5. The van der Waals surface area contributed by atoms with E-state index in [0.29, 0.717) is 26.2 Å². The summed E-state index contributed by atoms with van der Waals surface area (Å²) in [5.41, 5.74) is -3.23. The quantitative estimate of drug-likeness (QED) is 0.0274. The number of piperazine rings is 1. The van der Waals surface area contributed by atoms with Crippen molar-refractivity contribution in [2.75, 3.05) is 88.7 Å². The average molecular weight is 1220 g/mol. The maximum atomic E-state index is 16.6. The first-order valence-electron chi connectivity index (χ1n) is 26.7. The van der Waals surface area contributed by atoms with E-state index in [-0.39, 0.29) is 123 Å². The summed E-state index contributed by atoms with van der Waals surface area (Å²) in [7, 11) is 2.93. The Labute approximate surface area is 497 Å². The van der Waals surface area contributed by atoms with Crippen molar-refractivity contribution in [1.82, 2.24) is 30.4 Å². The second-order valence-electron chi connectivity index (χ2n) is 21.4. The Morgan fingerprint density at radius 2 is 1.65 bits per heavy atom. The highest BCUT2D eigenvalue weighted by molar-refractivity contribution is 6.34. The highest BCUT2D eigenvalue weighted by Gasteiger charge is 2.61. The second-order valence-corrected chi connectivity index (χ2v) is 22.7. The van der Waals surface area contributed by atoms with Gasteiger partial charge in [-0.25, -0.2) is 22.5 Å². The van der Waals surface area contributed by atoms with Crippen molar-refractivity contribution >= 4 is 86.8 Å². The Bertz CT molecular complexity index is 3540. The first-order valence-corrected chi connectivity index (χ1v) is 27.9. The number of nitrogens with one attached hydrogen (secondary N) is 4. The van der Waals surface area contributed by atoms with Crippen molar-refractivity contribution in [3.63, 3.8) is 0 Å². The summed E-state index contributed by atoms with van der Waals surface area (Å²) in [5, 5.41) is 33.4. The van der Waals surface area contributed by atoms with Crippen LogP contribution in [0, 0.1) is 40.0 Å². The molecule has 5 N–H and O–H groups in total. The smallest absolute Gasteiger partial charge is 0.251 e. The van der Waals surface area contributed by atoms with E-state index in [1.807, 2.05) is 25.7 Å². The number of amides is 4. The summed E-state index contributed by atoms with van der Waals surface area (Å²) in [6, 6.07) is 17.5. The molecule has 0 saturated carbocycles. The van der Waals surface area contributed by atoms with Crippen LogP contribution in [-0.2, 0) is 24.5 Å². The minimum absolute atomic E-state index is 0.0226. The van der Waals surface area contributed by atoms with E-state index in [4.69, 9.17) is 44.3 Å². The molecule has 17 nitrogen and oxygen atoms in total. The second kappa shape index (κ2) is 26.5. The number of phenolic OH excluding ortho intramolecular Hbond substituents is 1. The summed E-state index contributed by atoms with van der Waals surface area (Å²) < 4.78 is 75.3. The van der Waals surface area contributed by atoms with Crippen LogP contribution in [0.3, 0.4) is 0 Å². The van der Waals surface area contributed by atoms with Gasteiger partial charge in [-0.1, -0.05) is 86.4 Å². The lowest BCUT2D eigenvalue weighted by Gasteiger charge is -2.37. The number of nitrogens with zero attached hydrogens (tertiary/aromatic N) is 6. The number of carbonyl (C=O) groups is 4. The molecule has 2 saturated heterocycles. The van der Waals surface area contributed by atoms with Gasteiger partial charge in [0.05, 0.1) is 53.7 Å². The van der Waals surface area contributed by atoms with E-state index < -0.39 is 80.8 Å². The number of rotatable bonds is 20. The summed E-state index contributed by atoms with van der Waals surface area (Å²) >= 11 is 19.1. The molecule has 3 heterocycles. The number of aromatic nitrogens is 2. The van der Waals surface area contributed by atoms with Gasteiger partial charge in [0.25, 0.3) is 5.91 Å². The zero-order valence-corrected chi connectivity index (χ0v) is 48.8. The number of methoxy groups -OCH3 is 1. The topological polar surface area (TPSA) is 214 Å². The fourth-order valence-corrected chi connectivity index (χ4v) is 11.3. The number of aromatic hydroxyl groups is 1. The largest absolute Gasteiger partial charge is 0.507 e. The summed E-state index contributed by atoms with van der Waals surface area (Å²) in [6.45, 7) is 11.1. The van der Waals surface area contributed by atoms with Crippen LogP contribution in [0.15, 0.2) is 91.5 Å². The molecule has 24 heteroatoms. The Balaban J connectivity index is 0.868. The van der Waals surface area contributed by atoms with Crippen LogP contribution < -0.4 is 30.9 Å². The Hall–Kier alpha value is -7.74. The molecule has 4 amide bonds. The van der Waals surface area contributed by atoms with Crippen LogP contribution in [0.2, 0.25) is 15.1 Å². The van der Waals surface area contributed by atoms with Gasteiger partial charge in [0.15, 0.2) is 5.82 Å². The zero-order chi connectivity index (χ0) is 60.8. The van der Waals surface area contributed by atoms with E-state index in [9.17, 15) is 29.5 Å². The molecule has 8 rings (SSSR count). The Kier molecular flexibility index (Phi) is 19.6. The number of nitriles is 1. The molecule has 0 unspecified atom stereocenters. The zero-order valence-electron chi connectivity index (χ0n) is 46.5. The van der Waals surface area contributed by atoms with Crippen molar-refractivity contribution in [2.45, 2.75) is 57.0 Å². The number of likely N-dealkylation sites (N-methyl/N-ethyl adjacent to an activating group) is 1. The normalized spacial score (nSPS) is 17.8. The number of phenols is 1. The molecule has 0 aliphatic carbocycles. The van der Waals surface area contributed by atoms with Crippen molar-refractivity contribution in [2.24, 2.45) is 5.41 Å². The lowest BCUT2D eigenvalue weighted by Crippen LogP contribution is -2.48. The maximum absolute atomic E-state index is 16.6. The highest BCUT2D eigenvalue weighted by atomic mass is 35.5. The molecule has 4 atom stereocenters. The Morgan fingerprint density at radius 3 is 2.33 bits per heavy atom. The number of hydrogen-bond acceptors (Lipinski definition) is 13. The monoisotopic (exact) mass is 1210 g/mol. The van der Waals surface area contributed by atoms with Gasteiger partial charge in [0.2, 0.25) is 23.7 Å². The minimum Gasteiger partial charge on any atom is -0.507 e. The third-order valence-electron chi connectivity index (χ3n) is 14.8. The van der Waals surface area contributed by atoms with E-state index in [1.165, 1.54) is 84.8 Å². The van der Waals surface area contributed by atoms with Crippen molar-refractivity contribution in [1.29, 1.82) is 5.26 Å². The summed E-state index contributed by atoms with van der Waals surface area (Å²) in [5.74, 6) is -6.84. The third-order valence-corrected chi connectivity index (χ3v) is 15.6. The predicted octanol–water partition coefficient (Wildman–Crippen LogP) is 10.0. The number of benzene rings is 5. The summed E-state index contributed by atoms with van der Waals surface area (Å²) in [6.07, 6.45) is 1.44. The lowest BCUT2D eigenvalue weighted by molar-refractivity contribution is -0.130. The number of anilines is 3. The SMILES string of the molecule is C=CC(=O)N1CCN(c2nc(NCCC(=O)N(C)CCOCCNC(=O)c3ccc(NC(=O)[C@@H]4N[C@@H](CC(C)(C)C)[C@](C#N)(c5ccc(Cl)cc5F)[C@H]4c4cccc(Cl)c4F)c(OC)c3)nc3c(F)c(-c4c(O)cccc4F)c(Cl)cc23)CC1. The molecule has 2 aliphatic heterocycles. The first kappa shape index (κ1) is 62.3. The fraction of sp³-hybridized carbons (Fsp3) is 0.350. The molecular weight excluding hydrogens is 1160 g/mol.